The first-order chi connectivity index (χ1) is 13.9. The van der Waals surface area contributed by atoms with Gasteiger partial charge in [0, 0.05) is 11.6 Å². The molecule has 0 aliphatic carbocycles. The van der Waals surface area contributed by atoms with E-state index in [0.29, 0.717) is 5.56 Å². The second kappa shape index (κ2) is 8.62. The number of hydrazone groups is 1. The van der Waals surface area contributed by atoms with Gasteiger partial charge >= 0.3 is 0 Å². The number of nitrogens with zero attached hydrogens (tertiary/aromatic N) is 1. The van der Waals surface area contributed by atoms with Crippen LogP contribution in [-0.4, -0.2) is 32.5 Å². The number of hydrogen-bond donors (Lipinski definition) is 5. The molecule has 1 amide bonds. The molecule has 0 atom stereocenters. The number of aromatic hydroxyl groups is 4. The normalized spacial score (nSPS) is 11.2. The summed E-state index contributed by atoms with van der Waals surface area (Å²) >= 11 is 0. The monoisotopic (exact) mass is 390 g/mol. The molecule has 0 bridgehead atoms. The van der Waals surface area contributed by atoms with Crippen LogP contribution < -0.4 is 5.43 Å². The van der Waals surface area contributed by atoms with Crippen LogP contribution in [0, 0.1) is 0 Å². The van der Waals surface area contributed by atoms with Crippen LogP contribution in [0.2, 0.25) is 0 Å². The minimum Gasteiger partial charge on any atom is -0.508 e. The first-order valence-electron chi connectivity index (χ1n) is 8.58. The predicted molar refractivity (Wildman–Crippen MR) is 110 cm³/mol. The summed E-state index contributed by atoms with van der Waals surface area (Å²) in [6, 6.07) is 15.1. The smallest absolute Gasteiger partial charge is 0.275 e. The van der Waals surface area contributed by atoms with Crippen LogP contribution in [-0.2, 0) is 0 Å². The lowest BCUT2D eigenvalue weighted by atomic mass is 10.0. The fourth-order valence-electron chi connectivity index (χ4n) is 2.58. The van der Waals surface area contributed by atoms with Crippen molar-refractivity contribution in [1.82, 2.24) is 5.43 Å². The van der Waals surface area contributed by atoms with Crippen LogP contribution >= 0.6 is 0 Å². The average Bonchev–Trinajstić information content (AvgIpc) is 2.69. The molecule has 5 N–H and O–H groups in total. The van der Waals surface area contributed by atoms with Crippen molar-refractivity contribution in [2.24, 2.45) is 5.10 Å². The number of para-hydroxylation sites is 1. The molecule has 0 spiro atoms. The number of carbonyl (C=O) groups excluding carboxylic acids is 1. The Morgan fingerprint density at radius 3 is 2.28 bits per heavy atom. The number of benzene rings is 3. The molecule has 0 radical (unpaired) electrons. The zero-order valence-electron chi connectivity index (χ0n) is 15.1. The van der Waals surface area contributed by atoms with Gasteiger partial charge in [0.25, 0.3) is 5.91 Å². The van der Waals surface area contributed by atoms with Crippen molar-refractivity contribution in [3.05, 3.63) is 82.9 Å². The molecular weight excluding hydrogens is 372 g/mol. The zero-order chi connectivity index (χ0) is 20.8. The van der Waals surface area contributed by atoms with Crippen molar-refractivity contribution in [2.45, 2.75) is 0 Å². The molecule has 146 valence electrons. The summed E-state index contributed by atoms with van der Waals surface area (Å²) in [5.41, 5.74) is 3.87. The van der Waals surface area contributed by atoms with Crippen molar-refractivity contribution in [1.29, 1.82) is 0 Å². The van der Waals surface area contributed by atoms with E-state index in [4.69, 9.17) is 0 Å². The van der Waals surface area contributed by atoms with Gasteiger partial charge in [-0.2, -0.15) is 5.10 Å². The molecule has 3 aromatic rings. The van der Waals surface area contributed by atoms with E-state index in [-0.39, 0.29) is 34.1 Å². The van der Waals surface area contributed by atoms with Gasteiger partial charge in [-0.25, -0.2) is 5.43 Å². The van der Waals surface area contributed by atoms with E-state index in [0.717, 1.165) is 11.6 Å². The van der Waals surface area contributed by atoms with Gasteiger partial charge in [0.05, 0.1) is 11.8 Å². The molecule has 0 unspecified atom stereocenters. The Morgan fingerprint density at radius 2 is 1.55 bits per heavy atom. The summed E-state index contributed by atoms with van der Waals surface area (Å²) in [7, 11) is 0. The lowest BCUT2D eigenvalue weighted by Crippen LogP contribution is -2.17. The minimum absolute atomic E-state index is 0.0621. The molecule has 29 heavy (non-hydrogen) atoms. The van der Waals surface area contributed by atoms with Crippen LogP contribution in [0.3, 0.4) is 0 Å². The minimum atomic E-state index is -0.612. The largest absolute Gasteiger partial charge is 0.508 e. The SMILES string of the molecule is O=C(N/N=C\c1c(O)cc(O)cc1/C=C/c1ccc(O)cc1)c1ccccc1O. The van der Waals surface area contributed by atoms with Crippen LogP contribution in [0.25, 0.3) is 12.2 Å². The molecule has 7 heteroatoms. The maximum atomic E-state index is 12.1. The second-order valence-electron chi connectivity index (χ2n) is 6.11. The fourth-order valence-corrected chi connectivity index (χ4v) is 2.58. The van der Waals surface area contributed by atoms with Crippen molar-refractivity contribution in [3.63, 3.8) is 0 Å². The lowest BCUT2D eigenvalue weighted by molar-refractivity contribution is 0.0952. The van der Waals surface area contributed by atoms with Crippen molar-refractivity contribution in [2.75, 3.05) is 0 Å². The first-order valence-corrected chi connectivity index (χ1v) is 8.58. The molecule has 0 fully saturated rings. The number of phenols is 4. The summed E-state index contributed by atoms with van der Waals surface area (Å²) in [5, 5.41) is 42.8. The van der Waals surface area contributed by atoms with Crippen LogP contribution in [0.5, 0.6) is 23.0 Å². The van der Waals surface area contributed by atoms with E-state index in [2.05, 4.69) is 10.5 Å². The Hall–Kier alpha value is -4.26. The van der Waals surface area contributed by atoms with Gasteiger partial charge in [0.15, 0.2) is 0 Å². The first kappa shape index (κ1) is 19.5. The molecule has 3 aromatic carbocycles. The number of hydrogen-bond acceptors (Lipinski definition) is 6. The second-order valence-corrected chi connectivity index (χ2v) is 6.11. The highest BCUT2D eigenvalue weighted by atomic mass is 16.3. The van der Waals surface area contributed by atoms with E-state index >= 15 is 0 Å². The summed E-state index contributed by atoms with van der Waals surface area (Å²) < 4.78 is 0. The topological polar surface area (TPSA) is 122 Å². The predicted octanol–water partition coefficient (Wildman–Crippen LogP) is 3.44. The average molecular weight is 390 g/mol. The molecule has 3 rings (SSSR count). The third kappa shape index (κ3) is 4.92. The summed E-state index contributed by atoms with van der Waals surface area (Å²) in [6.07, 6.45) is 4.62. The summed E-state index contributed by atoms with van der Waals surface area (Å²) in [4.78, 5) is 12.1. The molecule has 0 saturated carbocycles. The number of nitrogens with one attached hydrogen (secondary N) is 1. The maximum Gasteiger partial charge on any atom is 0.275 e. The Bertz CT molecular complexity index is 1090. The molecule has 0 aliphatic heterocycles. The molecule has 0 aromatic heterocycles. The van der Waals surface area contributed by atoms with Crippen molar-refractivity contribution < 1.29 is 25.2 Å². The van der Waals surface area contributed by atoms with E-state index in [1.807, 2.05) is 0 Å². The molecule has 0 heterocycles. The van der Waals surface area contributed by atoms with E-state index < -0.39 is 5.91 Å². The quantitative estimate of drug-likeness (QED) is 0.259. The number of rotatable bonds is 5. The third-order valence-electron chi connectivity index (χ3n) is 4.03. The van der Waals surface area contributed by atoms with E-state index in [9.17, 15) is 25.2 Å². The number of carbonyl (C=O) groups is 1. The highest BCUT2D eigenvalue weighted by molar-refractivity contribution is 5.98. The van der Waals surface area contributed by atoms with Gasteiger partial charge in [0.2, 0.25) is 0 Å². The molecule has 0 aliphatic rings. The number of amides is 1. The maximum absolute atomic E-state index is 12.1. The van der Waals surface area contributed by atoms with Gasteiger partial charge in [-0.05, 0) is 41.5 Å². The highest BCUT2D eigenvalue weighted by Crippen LogP contribution is 2.27. The molecule has 0 saturated heterocycles. The Morgan fingerprint density at radius 1 is 0.828 bits per heavy atom. The van der Waals surface area contributed by atoms with E-state index in [1.54, 1.807) is 36.4 Å². The third-order valence-corrected chi connectivity index (χ3v) is 4.03. The van der Waals surface area contributed by atoms with Crippen LogP contribution in [0.15, 0.2) is 65.8 Å². The van der Waals surface area contributed by atoms with Gasteiger partial charge in [-0.3, -0.25) is 4.79 Å². The van der Waals surface area contributed by atoms with E-state index in [1.165, 1.54) is 36.5 Å². The highest BCUT2D eigenvalue weighted by Gasteiger charge is 2.10. The fraction of sp³-hybridized carbons (Fsp3) is 0. The summed E-state index contributed by atoms with van der Waals surface area (Å²) in [5.74, 6) is -1.01. The van der Waals surface area contributed by atoms with Gasteiger partial charge < -0.3 is 20.4 Å². The number of phenolic OH excluding ortho intramolecular Hbond substituents is 4. The Labute approximate surface area is 166 Å². The Balaban J connectivity index is 1.83. The molecular formula is C22H18N2O5. The standard InChI is InChI=1S/C22H18N2O5/c25-16-9-6-14(7-10-16)5-8-15-11-17(26)12-21(28)19(15)13-23-24-22(29)18-3-1-2-4-20(18)27/h1-13,25-28H,(H,24,29)/b8-5+,23-13-. The van der Waals surface area contributed by atoms with Crippen molar-refractivity contribution >= 4 is 24.3 Å². The van der Waals surface area contributed by atoms with Crippen LogP contribution in [0.4, 0.5) is 0 Å². The lowest BCUT2D eigenvalue weighted by Gasteiger charge is -2.06. The van der Waals surface area contributed by atoms with Crippen molar-refractivity contribution in [3.8, 4) is 23.0 Å². The van der Waals surface area contributed by atoms with Gasteiger partial charge in [-0.1, -0.05) is 36.4 Å². The van der Waals surface area contributed by atoms with Gasteiger partial charge in [0.1, 0.15) is 23.0 Å². The zero-order valence-corrected chi connectivity index (χ0v) is 15.1. The summed E-state index contributed by atoms with van der Waals surface area (Å²) in [6.45, 7) is 0. The molecule has 7 nitrogen and oxygen atoms in total. The Kier molecular flexibility index (Phi) is 5.80. The van der Waals surface area contributed by atoms with Crippen LogP contribution in [0.1, 0.15) is 27.0 Å². The van der Waals surface area contributed by atoms with Gasteiger partial charge in [-0.15, -0.1) is 0 Å².